The maximum atomic E-state index is 12.0. The number of benzene rings is 1. The van der Waals surface area contributed by atoms with Gasteiger partial charge >= 0.3 is 5.97 Å². The molecule has 0 aliphatic heterocycles. The van der Waals surface area contributed by atoms with Crippen molar-refractivity contribution in [3.8, 4) is 0 Å². The molecule has 110 valence electrons. The van der Waals surface area contributed by atoms with Crippen molar-refractivity contribution in [1.29, 1.82) is 0 Å². The highest BCUT2D eigenvalue weighted by Crippen LogP contribution is 2.09. The number of nitrogens with one attached hydrogen (secondary N) is 1. The first-order chi connectivity index (χ1) is 9.58. The molecule has 0 heterocycles. The van der Waals surface area contributed by atoms with Crippen LogP contribution in [0.4, 0.5) is 0 Å². The minimum absolute atomic E-state index is 0.326. The predicted molar refractivity (Wildman–Crippen MR) is 78.9 cm³/mol. The zero-order valence-corrected chi connectivity index (χ0v) is 12.2. The van der Waals surface area contributed by atoms with Gasteiger partial charge in [-0.1, -0.05) is 38.8 Å². The average Bonchev–Trinajstić information content (AvgIpc) is 2.45. The summed E-state index contributed by atoms with van der Waals surface area (Å²) in [4.78, 5) is 23.0. The molecule has 0 radical (unpaired) electrons. The van der Waals surface area contributed by atoms with E-state index in [-0.39, 0.29) is 5.91 Å². The standard InChI is InChI=1S/C16H23NO3/c1-3-5-7-12-8-10-13(11-9-12)15(18)17-14(6-4-2)16(19)20/h8-11,14H,3-7H2,1-2H3,(H,17,18)(H,19,20). The SMILES string of the molecule is CCCCc1ccc(C(=O)NC(CCC)C(=O)O)cc1. The van der Waals surface area contributed by atoms with Gasteiger partial charge in [0.05, 0.1) is 0 Å². The summed E-state index contributed by atoms with van der Waals surface area (Å²) >= 11 is 0. The molecule has 1 rings (SSSR count). The van der Waals surface area contributed by atoms with Gasteiger partial charge in [0.15, 0.2) is 0 Å². The van der Waals surface area contributed by atoms with Gasteiger partial charge in [-0.05, 0) is 37.0 Å². The highest BCUT2D eigenvalue weighted by atomic mass is 16.4. The molecule has 0 saturated heterocycles. The molecule has 2 N–H and O–H groups in total. The van der Waals surface area contributed by atoms with E-state index < -0.39 is 12.0 Å². The molecule has 1 aromatic rings. The molecule has 0 spiro atoms. The van der Waals surface area contributed by atoms with Crippen LogP contribution in [0.2, 0.25) is 0 Å². The Labute approximate surface area is 120 Å². The van der Waals surface area contributed by atoms with Crippen LogP contribution in [0.1, 0.15) is 55.5 Å². The lowest BCUT2D eigenvalue weighted by molar-refractivity contribution is -0.139. The first-order valence-electron chi connectivity index (χ1n) is 7.21. The third-order valence-corrected chi connectivity index (χ3v) is 3.22. The fourth-order valence-corrected chi connectivity index (χ4v) is 1.99. The Kier molecular flexibility index (Phi) is 6.77. The van der Waals surface area contributed by atoms with Crippen LogP contribution in [0.3, 0.4) is 0 Å². The van der Waals surface area contributed by atoms with Gasteiger partial charge in [0.1, 0.15) is 6.04 Å². The normalized spacial score (nSPS) is 11.9. The second-order valence-corrected chi connectivity index (χ2v) is 4.95. The van der Waals surface area contributed by atoms with Crippen molar-refractivity contribution in [2.45, 2.75) is 52.0 Å². The Bertz CT molecular complexity index is 440. The number of rotatable bonds is 8. The molecule has 0 fully saturated rings. The zero-order chi connectivity index (χ0) is 15.0. The molecule has 20 heavy (non-hydrogen) atoms. The van der Waals surface area contributed by atoms with Gasteiger partial charge in [0, 0.05) is 5.56 Å². The van der Waals surface area contributed by atoms with Gasteiger partial charge in [0.2, 0.25) is 0 Å². The topological polar surface area (TPSA) is 66.4 Å². The summed E-state index contributed by atoms with van der Waals surface area (Å²) in [5, 5.41) is 11.6. The van der Waals surface area contributed by atoms with Crippen LogP contribution in [-0.2, 0) is 11.2 Å². The number of aliphatic carboxylic acids is 1. The summed E-state index contributed by atoms with van der Waals surface area (Å²) in [6.07, 6.45) is 4.43. The minimum Gasteiger partial charge on any atom is -0.480 e. The summed E-state index contributed by atoms with van der Waals surface area (Å²) in [7, 11) is 0. The molecule has 4 nitrogen and oxygen atoms in total. The number of carboxylic acids is 1. The van der Waals surface area contributed by atoms with E-state index in [4.69, 9.17) is 5.11 Å². The molecule has 1 unspecified atom stereocenters. The highest BCUT2D eigenvalue weighted by Gasteiger charge is 2.19. The molecule has 0 aliphatic carbocycles. The predicted octanol–water partition coefficient (Wildman–Crippen LogP) is 3.01. The molecule has 0 bridgehead atoms. The fraction of sp³-hybridized carbons (Fsp3) is 0.500. The quantitative estimate of drug-likeness (QED) is 0.767. The van der Waals surface area contributed by atoms with Gasteiger partial charge in [-0.25, -0.2) is 4.79 Å². The molecule has 0 aliphatic rings. The van der Waals surface area contributed by atoms with E-state index in [1.54, 1.807) is 12.1 Å². The molecular formula is C16H23NO3. The van der Waals surface area contributed by atoms with Crippen LogP contribution in [0.15, 0.2) is 24.3 Å². The van der Waals surface area contributed by atoms with Gasteiger partial charge in [-0.3, -0.25) is 4.79 Å². The number of carbonyl (C=O) groups is 2. The van der Waals surface area contributed by atoms with Gasteiger partial charge in [-0.2, -0.15) is 0 Å². The Hall–Kier alpha value is -1.84. The summed E-state index contributed by atoms with van der Waals surface area (Å²) in [6, 6.07) is 6.56. The summed E-state index contributed by atoms with van der Waals surface area (Å²) in [6.45, 7) is 4.03. The van der Waals surface area contributed by atoms with Crippen LogP contribution < -0.4 is 5.32 Å². The van der Waals surface area contributed by atoms with E-state index in [1.165, 1.54) is 5.56 Å². The number of hydrogen-bond acceptors (Lipinski definition) is 2. The Morgan fingerprint density at radius 2 is 1.80 bits per heavy atom. The first-order valence-corrected chi connectivity index (χ1v) is 7.21. The monoisotopic (exact) mass is 277 g/mol. The maximum Gasteiger partial charge on any atom is 0.326 e. The fourth-order valence-electron chi connectivity index (χ4n) is 1.99. The number of carboxylic acid groups (broad SMARTS) is 1. The van der Waals surface area contributed by atoms with Crippen molar-refractivity contribution in [3.05, 3.63) is 35.4 Å². The number of aryl methyl sites for hydroxylation is 1. The van der Waals surface area contributed by atoms with Crippen molar-refractivity contribution in [2.75, 3.05) is 0 Å². The Morgan fingerprint density at radius 1 is 1.15 bits per heavy atom. The molecule has 1 amide bonds. The van der Waals surface area contributed by atoms with E-state index in [0.29, 0.717) is 18.4 Å². The van der Waals surface area contributed by atoms with Crippen molar-refractivity contribution in [2.24, 2.45) is 0 Å². The largest absolute Gasteiger partial charge is 0.480 e. The van der Waals surface area contributed by atoms with Crippen molar-refractivity contribution < 1.29 is 14.7 Å². The second-order valence-electron chi connectivity index (χ2n) is 4.95. The molecule has 1 atom stereocenters. The summed E-state index contributed by atoms with van der Waals surface area (Å²) < 4.78 is 0. The van der Waals surface area contributed by atoms with Crippen molar-refractivity contribution in [1.82, 2.24) is 5.32 Å². The number of amides is 1. The van der Waals surface area contributed by atoms with Gasteiger partial charge < -0.3 is 10.4 Å². The van der Waals surface area contributed by atoms with Crippen LogP contribution in [-0.4, -0.2) is 23.0 Å². The van der Waals surface area contributed by atoms with E-state index >= 15 is 0 Å². The zero-order valence-electron chi connectivity index (χ0n) is 12.2. The van der Waals surface area contributed by atoms with E-state index in [0.717, 1.165) is 19.3 Å². The number of hydrogen-bond donors (Lipinski definition) is 2. The summed E-state index contributed by atoms with van der Waals surface area (Å²) in [5.74, 6) is -1.31. The smallest absolute Gasteiger partial charge is 0.326 e. The Morgan fingerprint density at radius 3 is 2.30 bits per heavy atom. The van der Waals surface area contributed by atoms with Gasteiger partial charge in [-0.15, -0.1) is 0 Å². The van der Waals surface area contributed by atoms with Crippen LogP contribution in [0, 0.1) is 0 Å². The van der Waals surface area contributed by atoms with Crippen molar-refractivity contribution >= 4 is 11.9 Å². The second kappa shape index (κ2) is 8.35. The average molecular weight is 277 g/mol. The van der Waals surface area contributed by atoms with Crippen LogP contribution in [0.5, 0.6) is 0 Å². The summed E-state index contributed by atoms with van der Waals surface area (Å²) in [5.41, 5.74) is 1.71. The molecule has 4 heteroatoms. The minimum atomic E-state index is -0.986. The van der Waals surface area contributed by atoms with Crippen LogP contribution in [0.25, 0.3) is 0 Å². The Balaban J connectivity index is 2.64. The van der Waals surface area contributed by atoms with Gasteiger partial charge in [0.25, 0.3) is 5.91 Å². The third-order valence-electron chi connectivity index (χ3n) is 3.22. The molecular weight excluding hydrogens is 254 g/mol. The lowest BCUT2D eigenvalue weighted by Crippen LogP contribution is -2.40. The van der Waals surface area contributed by atoms with E-state index in [1.807, 2.05) is 19.1 Å². The number of carbonyl (C=O) groups excluding carboxylic acids is 1. The highest BCUT2D eigenvalue weighted by molar-refractivity contribution is 5.96. The maximum absolute atomic E-state index is 12.0. The lowest BCUT2D eigenvalue weighted by Gasteiger charge is -2.13. The molecule has 0 aromatic heterocycles. The molecule has 1 aromatic carbocycles. The first kappa shape index (κ1) is 16.2. The van der Waals surface area contributed by atoms with E-state index in [2.05, 4.69) is 12.2 Å². The van der Waals surface area contributed by atoms with Crippen LogP contribution >= 0.6 is 0 Å². The molecule has 0 saturated carbocycles. The lowest BCUT2D eigenvalue weighted by atomic mass is 10.1. The van der Waals surface area contributed by atoms with Crippen molar-refractivity contribution in [3.63, 3.8) is 0 Å². The number of unbranched alkanes of at least 4 members (excludes halogenated alkanes) is 1. The third kappa shape index (κ3) is 5.03. The van der Waals surface area contributed by atoms with E-state index in [9.17, 15) is 9.59 Å².